The monoisotopic (exact) mass is 321 g/mol. The van der Waals surface area contributed by atoms with Gasteiger partial charge in [0.25, 0.3) is 5.91 Å². The van der Waals surface area contributed by atoms with Crippen LogP contribution in [0.5, 0.6) is 0 Å². The lowest BCUT2D eigenvalue weighted by Gasteiger charge is -2.17. The van der Waals surface area contributed by atoms with Gasteiger partial charge in [-0.3, -0.25) is 9.48 Å². The molecular formula is C14H16BrN3O. The first-order valence-electron chi connectivity index (χ1n) is 5.96. The minimum absolute atomic E-state index is 0.00396. The van der Waals surface area contributed by atoms with Gasteiger partial charge in [-0.1, -0.05) is 6.07 Å². The second-order valence-electron chi connectivity index (χ2n) is 4.67. The SMILES string of the molecule is Cc1ccc(C(=O)N(C)Cc2cnn(C)c2)c(Br)c1. The lowest BCUT2D eigenvalue weighted by Crippen LogP contribution is -2.26. The second-order valence-corrected chi connectivity index (χ2v) is 5.52. The number of amides is 1. The summed E-state index contributed by atoms with van der Waals surface area (Å²) in [4.78, 5) is 14.0. The van der Waals surface area contributed by atoms with Crippen LogP contribution in [0.15, 0.2) is 35.1 Å². The van der Waals surface area contributed by atoms with E-state index in [1.807, 2.05) is 38.4 Å². The third kappa shape index (κ3) is 3.23. The molecule has 0 aliphatic carbocycles. The molecule has 5 heteroatoms. The molecule has 1 heterocycles. The Kier molecular flexibility index (Phi) is 4.04. The molecule has 0 saturated heterocycles. The lowest BCUT2D eigenvalue weighted by molar-refractivity contribution is 0.0784. The number of nitrogens with zero attached hydrogens (tertiary/aromatic N) is 3. The van der Waals surface area contributed by atoms with Crippen LogP contribution in [0.2, 0.25) is 0 Å². The Labute approximate surface area is 121 Å². The number of aryl methyl sites for hydroxylation is 2. The van der Waals surface area contributed by atoms with Crippen LogP contribution in [-0.2, 0) is 13.6 Å². The fourth-order valence-electron chi connectivity index (χ4n) is 1.90. The molecule has 0 atom stereocenters. The van der Waals surface area contributed by atoms with E-state index in [0.717, 1.165) is 15.6 Å². The van der Waals surface area contributed by atoms with Crippen molar-refractivity contribution in [3.63, 3.8) is 0 Å². The van der Waals surface area contributed by atoms with Crippen molar-refractivity contribution in [3.05, 3.63) is 51.8 Å². The maximum Gasteiger partial charge on any atom is 0.255 e. The summed E-state index contributed by atoms with van der Waals surface area (Å²) in [6, 6.07) is 5.74. The molecule has 0 spiro atoms. The van der Waals surface area contributed by atoms with Crippen molar-refractivity contribution in [2.45, 2.75) is 13.5 Å². The van der Waals surface area contributed by atoms with Gasteiger partial charge >= 0.3 is 0 Å². The second kappa shape index (κ2) is 5.57. The van der Waals surface area contributed by atoms with Gasteiger partial charge in [0, 0.05) is 36.9 Å². The van der Waals surface area contributed by atoms with Crippen molar-refractivity contribution in [1.29, 1.82) is 0 Å². The van der Waals surface area contributed by atoms with Crippen LogP contribution in [0.4, 0.5) is 0 Å². The first kappa shape index (κ1) is 13.8. The summed E-state index contributed by atoms with van der Waals surface area (Å²) in [5, 5.41) is 4.10. The summed E-state index contributed by atoms with van der Waals surface area (Å²) in [6.07, 6.45) is 3.68. The molecule has 0 N–H and O–H groups in total. The van der Waals surface area contributed by atoms with Gasteiger partial charge in [0.1, 0.15) is 0 Å². The quantitative estimate of drug-likeness (QED) is 0.871. The molecular weight excluding hydrogens is 306 g/mol. The molecule has 0 bridgehead atoms. The van der Waals surface area contributed by atoms with E-state index >= 15 is 0 Å². The van der Waals surface area contributed by atoms with E-state index in [2.05, 4.69) is 21.0 Å². The van der Waals surface area contributed by atoms with Crippen LogP contribution in [0.25, 0.3) is 0 Å². The van der Waals surface area contributed by atoms with Crippen LogP contribution >= 0.6 is 15.9 Å². The van der Waals surface area contributed by atoms with Crippen LogP contribution in [0, 0.1) is 6.92 Å². The van der Waals surface area contributed by atoms with E-state index in [1.54, 1.807) is 22.8 Å². The molecule has 1 amide bonds. The smallest absolute Gasteiger partial charge is 0.255 e. The number of benzene rings is 1. The van der Waals surface area contributed by atoms with Gasteiger partial charge in [0.15, 0.2) is 0 Å². The predicted octanol–water partition coefficient (Wildman–Crippen LogP) is 2.76. The van der Waals surface area contributed by atoms with Gasteiger partial charge in [-0.05, 0) is 40.5 Å². The highest BCUT2D eigenvalue weighted by molar-refractivity contribution is 9.10. The molecule has 0 aliphatic rings. The molecule has 4 nitrogen and oxygen atoms in total. The van der Waals surface area contributed by atoms with E-state index < -0.39 is 0 Å². The third-order valence-electron chi connectivity index (χ3n) is 2.88. The summed E-state index contributed by atoms with van der Waals surface area (Å²) < 4.78 is 2.56. The Morgan fingerprint density at radius 2 is 2.21 bits per heavy atom. The molecule has 0 aliphatic heterocycles. The molecule has 1 aromatic heterocycles. The highest BCUT2D eigenvalue weighted by Gasteiger charge is 2.15. The van der Waals surface area contributed by atoms with Gasteiger partial charge in [-0.25, -0.2) is 0 Å². The number of halogens is 1. The van der Waals surface area contributed by atoms with E-state index in [4.69, 9.17) is 0 Å². The molecule has 0 saturated carbocycles. The van der Waals surface area contributed by atoms with Gasteiger partial charge in [-0.2, -0.15) is 5.10 Å². The van der Waals surface area contributed by atoms with Crippen molar-refractivity contribution in [1.82, 2.24) is 14.7 Å². The average molecular weight is 322 g/mol. The molecule has 2 aromatic rings. The summed E-state index contributed by atoms with van der Waals surface area (Å²) >= 11 is 3.44. The Hall–Kier alpha value is -1.62. The van der Waals surface area contributed by atoms with Gasteiger partial charge in [-0.15, -0.1) is 0 Å². The van der Waals surface area contributed by atoms with E-state index in [9.17, 15) is 4.79 Å². The molecule has 0 radical (unpaired) electrons. The summed E-state index contributed by atoms with van der Waals surface area (Å²) in [5.74, 6) is -0.00396. The number of aromatic nitrogens is 2. The minimum atomic E-state index is -0.00396. The topological polar surface area (TPSA) is 38.1 Å². The molecule has 1 aromatic carbocycles. The first-order chi connectivity index (χ1) is 8.97. The van der Waals surface area contributed by atoms with Crippen molar-refractivity contribution >= 4 is 21.8 Å². The number of carbonyl (C=O) groups excluding carboxylic acids is 1. The van der Waals surface area contributed by atoms with E-state index in [-0.39, 0.29) is 5.91 Å². The number of hydrogen-bond donors (Lipinski definition) is 0. The van der Waals surface area contributed by atoms with Gasteiger partial charge in [0.05, 0.1) is 11.8 Å². The number of carbonyl (C=O) groups is 1. The van der Waals surface area contributed by atoms with E-state index in [1.165, 1.54) is 0 Å². The third-order valence-corrected chi connectivity index (χ3v) is 3.54. The largest absolute Gasteiger partial charge is 0.337 e. The van der Waals surface area contributed by atoms with E-state index in [0.29, 0.717) is 12.1 Å². The fraction of sp³-hybridized carbons (Fsp3) is 0.286. The maximum absolute atomic E-state index is 12.4. The highest BCUT2D eigenvalue weighted by atomic mass is 79.9. The normalized spacial score (nSPS) is 10.5. The fourth-order valence-corrected chi connectivity index (χ4v) is 2.56. The molecule has 0 fully saturated rings. The number of hydrogen-bond acceptors (Lipinski definition) is 2. The predicted molar refractivity (Wildman–Crippen MR) is 77.9 cm³/mol. The zero-order chi connectivity index (χ0) is 14.0. The zero-order valence-electron chi connectivity index (χ0n) is 11.2. The standard InChI is InChI=1S/C14H16BrN3O/c1-10-4-5-12(13(15)6-10)14(19)17(2)8-11-7-16-18(3)9-11/h4-7,9H,8H2,1-3H3. The molecule has 2 rings (SSSR count). The van der Waals surface area contributed by atoms with Crippen LogP contribution in [0.3, 0.4) is 0 Å². The van der Waals surface area contributed by atoms with Gasteiger partial charge in [0.2, 0.25) is 0 Å². The summed E-state index contributed by atoms with van der Waals surface area (Å²) in [6.45, 7) is 2.55. The summed E-state index contributed by atoms with van der Waals surface area (Å²) in [7, 11) is 3.66. The molecule has 19 heavy (non-hydrogen) atoms. The van der Waals surface area contributed by atoms with Crippen molar-refractivity contribution in [2.24, 2.45) is 7.05 Å². The molecule has 0 unspecified atom stereocenters. The Bertz CT molecular complexity index is 606. The van der Waals surface area contributed by atoms with Crippen LogP contribution < -0.4 is 0 Å². The van der Waals surface area contributed by atoms with Crippen molar-refractivity contribution < 1.29 is 4.79 Å². The van der Waals surface area contributed by atoms with Crippen LogP contribution in [-0.4, -0.2) is 27.6 Å². The first-order valence-corrected chi connectivity index (χ1v) is 6.76. The molecule has 100 valence electrons. The minimum Gasteiger partial charge on any atom is -0.337 e. The Morgan fingerprint density at radius 1 is 1.47 bits per heavy atom. The Morgan fingerprint density at radius 3 is 2.79 bits per heavy atom. The summed E-state index contributed by atoms with van der Waals surface area (Å²) in [5.41, 5.74) is 2.82. The van der Waals surface area contributed by atoms with Crippen LogP contribution in [0.1, 0.15) is 21.5 Å². The maximum atomic E-state index is 12.4. The van der Waals surface area contributed by atoms with Crippen molar-refractivity contribution in [2.75, 3.05) is 7.05 Å². The Balaban J connectivity index is 2.14. The highest BCUT2D eigenvalue weighted by Crippen LogP contribution is 2.20. The average Bonchev–Trinajstić information content (AvgIpc) is 2.74. The zero-order valence-corrected chi connectivity index (χ0v) is 12.8. The lowest BCUT2D eigenvalue weighted by atomic mass is 10.1. The van der Waals surface area contributed by atoms with Gasteiger partial charge < -0.3 is 4.90 Å². The number of rotatable bonds is 3. The van der Waals surface area contributed by atoms with Crippen molar-refractivity contribution in [3.8, 4) is 0 Å².